The van der Waals surface area contributed by atoms with Gasteiger partial charge in [0.25, 0.3) is 0 Å². The predicted molar refractivity (Wildman–Crippen MR) is 88.1 cm³/mol. The summed E-state index contributed by atoms with van der Waals surface area (Å²) >= 11 is 0. The summed E-state index contributed by atoms with van der Waals surface area (Å²) in [5, 5.41) is 5.35. The van der Waals surface area contributed by atoms with Gasteiger partial charge in [0.05, 0.1) is 6.54 Å². The van der Waals surface area contributed by atoms with Crippen molar-refractivity contribution in [3.8, 4) is 11.6 Å². The summed E-state index contributed by atoms with van der Waals surface area (Å²) in [6.45, 7) is 0.752. The molecule has 0 bridgehead atoms. The van der Waals surface area contributed by atoms with Gasteiger partial charge in [-0.25, -0.2) is 19.7 Å². The molecule has 0 saturated carbocycles. The van der Waals surface area contributed by atoms with E-state index in [1.165, 1.54) is 6.33 Å². The van der Waals surface area contributed by atoms with Crippen molar-refractivity contribution in [3.63, 3.8) is 0 Å². The standard InChI is InChI=1S/C16H16N6O2/c23-16(18-7-9-24-13-4-2-1-3-5-13)21-14-10-15(20-11-19-14)22-8-6-17-12-22/h1-6,8,10-12H,7,9H2,(H2,18,19,20,21,23). The van der Waals surface area contributed by atoms with Crippen molar-refractivity contribution in [2.45, 2.75) is 0 Å². The zero-order chi connectivity index (χ0) is 16.6. The molecule has 1 aromatic carbocycles. The number of benzene rings is 1. The van der Waals surface area contributed by atoms with E-state index in [-0.39, 0.29) is 6.03 Å². The minimum Gasteiger partial charge on any atom is -0.492 e. The van der Waals surface area contributed by atoms with Crippen LogP contribution in [0.5, 0.6) is 5.75 Å². The molecule has 0 saturated heterocycles. The Balaban J connectivity index is 1.46. The molecule has 122 valence electrons. The number of rotatable bonds is 6. The Morgan fingerprint density at radius 2 is 2.08 bits per heavy atom. The van der Waals surface area contributed by atoms with Gasteiger partial charge in [-0.1, -0.05) is 18.2 Å². The maximum atomic E-state index is 11.9. The lowest BCUT2D eigenvalue weighted by molar-refractivity contribution is 0.247. The fourth-order valence-electron chi connectivity index (χ4n) is 1.96. The van der Waals surface area contributed by atoms with Crippen molar-refractivity contribution >= 4 is 11.8 Å². The molecule has 3 aromatic rings. The van der Waals surface area contributed by atoms with Crippen LogP contribution in [0.1, 0.15) is 0 Å². The third-order valence-electron chi connectivity index (χ3n) is 3.06. The highest BCUT2D eigenvalue weighted by Gasteiger charge is 2.05. The summed E-state index contributed by atoms with van der Waals surface area (Å²) in [5.74, 6) is 1.78. The number of imidazole rings is 1. The number of amides is 2. The van der Waals surface area contributed by atoms with Crippen LogP contribution in [-0.2, 0) is 0 Å². The second-order valence-corrected chi connectivity index (χ2v) is 4.77. The molecule has 0 fully saturated rings. The van der Waals surface area contributed by atoms with Crippen LogP contribution in [0.2, 0.25) is 0 Å². The predicted octanol–water partition coefficient (Wildman–Crippen LogP) is 1.86. The molecule has 8 nitrogen and oxygen atoms in total. The van der Waals surface area contributed by atoms with Gasteiger partial charge in [-0.3, -0.25) is 9.88 Å². The van der Waals surface area contributed by atoms with Crippen LogP contribution < -0.4 is 15.4 Å². The third-order valence-corrected chi connectivity index (χ3v) is 3.06. The number of hydrogen-bond acceptors (Lipinski definition) is 5. The maximum Gasteiger partial charge on any atom is 0.320 e. The van der Waals surface area contributed by atoms with Gasteiger partial charge in [-0.15, -0.1) is 0 Å². The van der Waals surface area contributed by atoms with E-state index >= 15 is 0 Å². The number of hydrogen-bond donors (Lipinski definition) is 2. The molecular weight excluding hydrogens is 308 g/mol. The van der Waals surface area contributed by atoms with E-state index in [0.717, 1.165) is 5.75 Å². The maximum absolute atomic E-state index is 11.9. The molecular formula is C16H16N6O2. The van der Waals surface area contributed by atoms with Crippen molar-refractivity contribution in [3.05, 3.63) is 61.4 Å². The van der Waals surface area contributed by atoms with E-state index in [2.05, 4.69) is 25.6 Å². The normalized spacial score (nSPS) is 10.2. The largest absolute Gasteiger partial charge is 0.492 e. The zero-order valence-electron chi connectivity index (χ0n) is 12.8. The molecule has 0 aliphatic heterocycles. The van der Waals surface area contributed by atoms with E-state index in [1.54, 1.807) is 29.4 Å². The molecule has 8 heteroatoms. The van der Waals surface area contributed by atoms with Crippen molar-refractivity contribution in [1.82, 2.24) is 24.8 Å². The lowest BCUT2D eigenvalue weighted by atomic mass is 10.3. The Morgan fingerprint density at radius 1 is 1.21 bits per heavy atom. The monoisotopic (exact) mass is 324 g/mol. The highest BCUT2D eigenvalue weighted by Crippen LogP contribution is 2.08. The quantitative estimate of drug-likeness (QED) is 0.675. The van der Waals surface area contributed by atoms with Crippen molar-refractivity contribution in [2.75, 3.05) is 18.5 Å². The van der Waals surface area contributed by atoms with Crippen LogP contribution in [0.3, 0.4) is 0 Å². The SMILES string of the molecule is O=C(NCCOc1ccccc1)Nc1cc(-n2ccnc2)ncn1. The number of nitrogens with zero attached hydrogens (tertiary/aromatic N) is 4. The van der Waals surface area contributed by atoms with E-state index in [9.17, 15) is 4.79 Å². The van der Waals surface area contributed by atoms with Crippen LogP contribution in [0.4, 0.5) is 10.6 Å². The van der Waals surface area contributed by atoms with Crippen molar-refractivity contribution in [2.24, 2.45) is 0 Å². The Bertz CT molecular complexity index is 776. The van der Waals surface area contributed by atoms with Crippen molar-refractivity contribution < 1.29 is 9.53 Å². The summed E-state index contributed by atoms with van der Waals surface area (Å²) in [4.78, 5) is 24.0. The fourth-order valence-corrected chi connectivity index (χ4v) is 1.96. The van der Waals surface area contributed by atoms with Crippen LogP contribution in [0, 0.1) is 0 Å². The number of nitrogens with one attached hydrogen (secondary N) is 2. The average Bonchev–Trinajstić information content (AvgIpc) is 3.15. The number of aromatic nitrogens is 4. The van der Waals surface area contributed by atoms with E-state index in [0.29, 0.717) is 24.8 Å². The van der Waals surface area contributed by atoms with Crippen LogP contribution in [0.15, 0.2) is 61.4 Å². The third kappa shape index (κ3) is 4.29. The van der Waals surface area contributed by atoms with E-state index in [4.69, 9.17) is 4.74 Å². The summed E-state index contributed by atoms with van der Waals surface area (Å²) in [6.07, 6.45) is 6.40. The smallest absolute Gasteiger partial charge is 0.320 e. The van der Waals surface area contributed by atoms with Gasteiger partial charge < -0.3 is 10.1 Å². The molecule has 0 atom stereocenters. The van der Waals surface area contributed by atoms with Gasteiger partial charge >= 0.3 is 6.03 Å². The van der Waals surface area contributed by atoms with Gasteiger partial charge in [-0.2, -0.15) is 0 Å². The van der Waals surface area contributed by atoms with Crippen LogP contribution >= 0.6 is 0 Å². The van der Waals surface area contributed by atoms with Gasteiger partial charge in [0, 0.05) is 18.5 Å². The van der Waals surface area contributed by atoms with E-state index in [1.807, 2.05) is 30.3 Å². The molecule has 0 aliphatic rings. The minimum absolute atomic E-state index is 0.359. The first-order valence-corrected chi connectivity index (χ1v) is 7.34. The molecule has 3 rings (SSSR count). The first kappa shape index (κ1) is 15.5. The molecule has 0 aliphatic carbocycles. The van der Waals surface area contributed by atoms with Crippen molar-refractivity contribution in [1.29, 1.82) is 0 Å². The number of anilines is 1. The molecule has 0 unspecified atom stereocenters. The number of urea groups is 1. The molecule has 2 amide bonds. The molecule has 0 radical (unpaired) electrons. The zero-order valence-corrected chi connectivity index (χ0v) is 12.8. The topological polar surface area (TPSA) is 94.0 Å². The minimum atomic E-state index is -0.359. The number of para-hydroxylation sites is 1. The highest BCUT2D eigenvalue weighted by atomic mass is 16.5. The first-order valence-electron chi connectivity index (χ1n) is 7.34. The van der Waals surface area contributed by atoms with Gasteiger partial charge in [0.1, 0.15) is 36.6 Å². The number of carbonyl (C=O) groups is 1. The van der Waals surface area contributed by atoms with Gasteiger partial charge in [0.15, 0.2) is 0 Å². The van der Waals surface area contributed by atoms with Crippen LogP contribution in [-0.4, -0.2) is 38.7 Å². The molecule has 2 aromatic heterocycles. The summed E-state index contributed by atoms with van der Waals surface area (Å²) in [7, 11) is 0. The lowest BCUT2D eigenvalue weighted by Crippen LogP contribution is -2.32. The van der Waals surface area contributed by atoms with Crippen LogP contribution in [0.25, 0.3) is 5.82 Å². The molecule has 2 N–H and O–H groups in total. The summed E-state index contributed by atoms with van der Waals surface area (Å²) in [6, 6.07) is 10.7. The Hall–Kier alpha value is -3.42. The Labute approximate surface area is 138 Å². The average molecular weight is 324 g/mol. The Morgan fingerprint density at radius 3 is 2.88 bits per heavy atom. The Kier molecular flexibility index (Phi) is 4.98. The molecule has 2 heterocycles. The van der Waals surface area contributed by atoms with Gasteiger partial charge in [0.2, 0.25) is 0 Å². The first-order chi connectivity index (χ1) is 11.8. The summed E-state index contributed by atoms with van der Waals surface area (Å²) in [5.41, 5.74) is 0. The fraction of sp³-hybridized carbons (Fsp3) is 0.125. The highest BCUT2D eigenvalue weighted by molar-refractivity contribution is 5.88. The second-order valence-electron chi connectivity index (χ2n) is 4.77. The number of carbonyl (C=O) groups excluding carboxylic acids is 1. The summed E-state index contributed by atoms with van der Waals surface area (Å²) < 4.78 is 7.22. The second kappa shape index (κ2) is 7.73. The molecule has 24 heavy (non-hydrogen) atoms. The van der Waals surface area contributed by atoms with Gasteiger partial charge in [-0.05, 0) is 12.1 Å². The lowest BCUT2D eigenvalue weighted by Gasteiger charge is -2.09. The van der Waals surface area contributed by atoms with E-state index < -0.39 is 0 Å². The number of ether oxygens (including phenoxy) is 1. The molecule has 0 spiro atoms.